The molecule has 0 amide bonds. The Labute approximate surface area is 139 Å². The number of ether oxygens (including phenoxy) is 1. The molecule has 0 radical (unpaired) electrons. The van der Waals surface area contributed by atoms with E-state index in [0.29, 0.717) is 12.5 Å². The lowest BCUT2D eigenvalue weighted by atomic mass is 10.2. The molecule has 0 aromatic rings. The summed E-state index contributed by atoms with van der Waals surface area (Å²) in [6.07, 6.45) is 4.65. The average Bonchev–Trinajstić information content (AvgIpc) is 3.08. The zero-order valence-electron chi connectivity index (χ0n) is 12.8. The van der Waals surface area contributed by atoms with E-state index in [1.165, 1.54) is 13.5 Å². The fourth-order valence-corrected chi connectivity index (χ4v) is 1.87. The van der Waals surface area contributed by atoms with E-state index < -0.39 is 0 Å². The monoisotopic (exact) mass is 397 g/mol. The number of hydrogen-bond acceptors (Lipinski definition) is 3. The Balaban J connectivity index is 0.00000361. The Morgan fingerprint density at radius 2 is 2.05 bits per heavy atom. The predicted molar refractivity (Wildman–Crippen MR) is 92.6 cm³/mol. The molecule has 0 aliphatic heterocycles. The molecule has 1 rings (SSSR count). The van der Waals surface area contributed by atoms with Crippen LogP contribution in [0.15, 0.2) is 4.99 Å². The number of carbonyl (C=O) groups excluding carboxylic acids is 1. The van der Waals surface area contributed by atoms with E-state index in [1.54, 1.807) is 0 Å². The van der Waals surface area contributed by atoms with E-state index in [2.05, 4.69) is 34.2 Å². The van der Waals surface area contributed by atoms with Gasteiger partial charge < -0.3 is 15.4 Å². The zero-order chi connectivity index (χ0) is 14.1. The minimum Gasteiger partial charge on any atom is -0.469 e. The van der Waals surface area contributed by atoms with Gasteiger partial charge >= 0.3 is 5.97 Å². The van der Waals surface area contributed by atoms with Crippen LogP contribution in [-0.4, -0.2) is 38.2 Å². The lowest BCUT2D eigenvalue weighted by Crippen LogP contribution is -2.39. The van der Waals surface area contributed by atoms with Crippen LogP contribution in [0.2, 0.25) is 0 Å². The second kappa shape index (κ2) is 11.2. The molecule has 0 heterocycles. The van der Waals surface area contributed by atoms with Crippen molar-refractivity contribution < 1.29 is 9.53 Å². The minimum absolute atomic E-state index is 0. The summed E-state index contributed by atoms with van der Waals surface area (Å²) in [6.45, 7) is 6.00. The highest BCUT2D eigenvalue weighted by molar-refractivity contribution is 14.0. The Morgan fingerprint density at radius 1 is 1.35 bits per heavy atom. The summed E-state index contributed by atoms with van der Waals surface area (Å²) in [7, 11) is 1.43. The molecule has 6 heteroatoms. The molecular formula is C14H28IN3O2. The van der Waals surface area contributed by atoms with Gasteiger partial charge in [0.15, 0.2) is 5.96 Å². The first kappa shape index (κ1) is 19.5. The van der Waals surface area contributed by atoms with Crippen molar-refractivity contribution in [1.29, 1.82) is 0 Å². The summed E-state index contributed by atoms with van der Waals surface area (Å²) < 4.78 is 4.60. The van der Waals surface area contributed by atoms with E-state index >= 15 is 0 Å². The van der Waals surface area contributed by atoms with Crippen LogP contribution in [0.4, 0.5) is 0 Å². The van der Waals surface area contributed by atoms with Gasteiger partial charge in [-0.15, -0.1) is 24.0 Å². The SMILES string of the molecule is CCNC(=NCCCCCC(=O)OC)NC1CC1C.I. The van der Waals surface area contributed by atoms with E-state index in [9.17, 15) is 4.79 Å². The summed E-state index contributed by atoms with van der Waals surface area (Å²) >= 11 is 0. The number of hydrogen-bond donors (Lipinski definition) is 2. The van der Waals surface area contributed by atoms with Crippen molar-refractivity contribution in [2.24, 2.45) is 10.9 Å². The van der Waals surface area contributed by atoms with Crippen LogP contribution < -0.4 is 10.6 Å². The maximum atomic E-state index is 10.9. The number of nitrogens with one attached hydrogen (secondary N) is 2. The van der Waals surface area contributed by atoms with E-state index in [1.807, 2.05) is 0 Å². The molecule has 1 fully saturated rings. The summed E-state index contributed by atoms with van der Waals surface area (Å²) in [5.74, 6) is 1.56. The summed E-state index contributed by atoms with van der Waals surface area (Å²) in [5.41, 5.74) is 0. The van der Waals surface area contributed by atoms with Crippen molar-refractivity contribution in [3.05, 3.63) is 0 Å². The topological polar surface area (TPSA) is 62.7 Å². The maximum absolute atomic E-state index is 10.9. The van der Waals surface area contributed by atoms with Gasteiger partial charge in [-0.1, -0.05) is 13.3 Å². The fourth-order valence-electron chi connectivity index (χ4n) is 1.87. The summed E-state index contributed by atoms with van der Waals surface area (Å²) in [5, 5.41) is 6.68. The molecule has 1 aliphatic carbocycles. The van der Waals surface area contributed by atoms with Crippen molar-refractivity contribution in [1.82, 2.24) is 10.6 Å². The van der Waals surface area contributed by atoms with Crippen molar-refractivity contribution in [2.45, 2.75) is 52.0 Å². The zero-order valence-corrected chi connectivity index (χ0v) is 15.1. The first-order valence-corrected chi connectivity index (χ1v) is 7.29. The molecule has 1 aliphatic rings. The lowest BCUT2D eigenvalue weighted by molar-refractivity contribution is -0.140. The molecular weight excluding hydrogens is 369 g/mol. The van der Waals surface area contributed by atoms with Crippen molar-refractivity contribution in [3.8, 4) is 0 Å². The molecule has 118 valence electrons. The molecule has 20 heavy (non-hydrogen) atoms. The van der Waals surface area contributed by atoms with Crippen molar-refractivity contribution >= 4 is 35.9 Å². The number of esters is 1. The predicted octanol–water partition coefficient (Wildman–Crippen LogP) is 2.30. The third kappa shape index (κ3) is 8.60. The molecule has 0 saturated heterocycles. The molecule has 0 bridgehead atoms. The van der Waals surface area contributed by atoms with Gasteiger partial charge in [0.05, 0.1) is 7.11 Å². The van der Waals surface area contributed by atoms with Gasteiger partial charge in [0.1, 0.15) is 0 Å². The standard InChI is InChI=1S/C14H27N3O2.HI/c1-4-15-14(17-12-10-11(12)2)16-9-7-5-6-8-13(18)19-3;/h11-12H,4-10H2,1-3H3,(H2,15,16,17);1H. The van der Waals surface area contributed by atoms with Crippen molar-refractivity contribution in [2.75, 3.05) is 20.2 Å². The smallest absolute Gasteiger partial charge is 0.305 e. The van der Waals surface area contributed by atoms with Gasteiger partial charge in [0.25, 0.3) is 0 Å². The number of carbonyl (C=O) groups is 1. The van der Waals surface area contributed by atoms with E-state index in [4.69, 9.17) is 0 Å². The first-order chi connectivity index (χ1) is 9.17. The number of methoxy groups -OCH3 is 1. The van der Waals surface area contributed by atoms with Crippen LogP contribution in [0.5, 0.6) is 0 Å². The molecule has 2 atom stereocenters. The van der Waals surface area contributed by atoms with Crippen LogP contribution in [0.25, 0.3) is 0 Å². The molecule has 5 nitrogen and oxygen atoms in total. The van der Waals surface area contributed by atoms with Crippen LogP contribution >= 0.6 is 24.0 Å². The van der Waals surface area contributed by atoms with Gasteiger partial charge in [0.2, 0.25) is 0 Å². The van der Waals surface area contributed by atoms with Gasteiger partial charge in [-0.05, 0) is 32.1 Å². The largest absolute Gasteiger partial charge is 0.469 e. The second-order valence-electron chi connectivity index (χ2n) is 5.11. The van der Waals surface area contributed by atoms with Gasteiger partial charge in [-0.3, -0.25) is 9.79 Å². The Morgan fingerprint density at radius 3 is 2.60 bits per heavy atom. The van der Waals surface area contributed by atoms with Gasteiger partial charge in [-0.25, -0.2) is 0 Å². The van der Waals surface area contributed by atoms with Gasteiger partial charge in [-0.2, -0.15) is 0 Å². The molecule has 0 spiro atoms. The molecule has 2 unspecified atom stereocenters. The van der Waals surface area contributed by atoms with Gasteiger partial charge in [0, 0.05) is 25.6 Å². The van der Waals surface area contributed by atoms with Crippen molar-refractivity contribution in [3.63, 3.8) is 0 Å². The van der Waals surface area contributed by atoms with Crippen LogP contribution in [-0.2, 0) is 9.53 Å². The highest BCUT2D eigenvalue weighted by Crippen LogP contribution is 2.28. The number of aliphatic imine (C=N–C) groups is 1. The summed E-state index contributed by atoms with van der Waals surface area (Å²) in [4.78, 5) is 15.5. The maximum Gasteiger partial charge on any atom is 0.305 e. The Hall–Kier alpha value is -0.530. The molecule has 1 saturated carbocycles. The van der Waals surface area contributed by atoms with Crippen LogP contribution in [0.3, 0.4) is 0 Å². The van der Waals surface area contributed by atoms with Crippen LogP contribution in [0, 0.1) is 5.92 Å². The molecule has 0 aromatic carbocycles. The summed E-state index contributed by atoms with van der Waals surface area (Å²) in [6, 6.07) is 0.595. The fraction of sp³-hybridized carbons (Fsp3) is 0.857. The number of halogens is 1. The third-order valence-electron chi connectivity index (χ3n) is 3.31. The van der Waals surface area contributed by atoms with E-state index in [-0.39, 0.29) is 29.9 Å². The minimum atomic E-state index is -0.124. The number of unbranched alkanes of at least 4 members (excludes halogenated alkanes) is 2. The Bertz CT molecular complexity index is 311. The molecule has 0 aromatic heterocycles. The highest BCUT2D eigenvalue weighted by Gasteiger charge is 2.33. The normalized spacial score (nSPS) is 20.9. The molecule has 2 N–H and O–H groups in total. The van der Waals surface area contributed by atoms with Crippen LogP contribution in [0.1, 0.15) is 46.0 Å². The number of guanidine groups is 1. The first-order valence-electron chi connectivity index (χ1n) is 7.29. The number of nitrogens with zero attached hydrogens (tertiary/aromatic N) is 1. The number of rotatable bonds is 8. The third-order valence-corrected chi connectivity index (χ3v) is 3.31. The highest BCUT2D eigenvalue weighted by atomic mass is 127. The lowest BCUT2D eigenvalue weighted by Gasteiger charge is -2.10. The van der Waals surface area contributed by atoms with E-state index in [0.717, 1.165) is 44.2 Å². The Kier molecular flexibility index (Phi) is 10.9. The quantitative estimate of drug-likeness (QED) is 0.217. The average molecular weight is 397 g/mol. The second-order valence-corrected chi connectivity index (χ2v) is 5.11.